The number of aromatic nitrogens is 2. The smallest absolute Gasteiger partial charge is 0.131 e. The van der Waals surface area contributed by atoms with Crippen LogP contribution in [0.4, 0.5) is 0 Å². The van der Waals surface area contributed by atoms with E-state index in [1.807, 2.05) is 18.7 Å². The fraction of sp³-hybridized carbons (Fsp3) is 0.714. The maximum absolute atomic E-state index is 11.4. The highest BCUT2D eigenvalue weighted by atomic mass is 79.9. The molecule has 0 amide bonds. The maximum atomic E-state index is 11.4. The molecule has 1 unspecified atom stereocenters. The number of aryl methyl sites for hydroxylation is 2. The number of carbonyl (C=O) groups excluding carboxylic acids is 1. The molecular weight excluding hydrogens is 306 g/mol. The van der Waals surface area contributed by atoms with Gasteiger partial charge in [-0.15, -0.1) is 0 Å². The zero-order valence-electron chi connectivity index (χ0n) is 11.9. The van der Waals surface area contributed by atoms with Gasteiger partial charge in [0.15, 0.2) is 0 Å². The number of nitrogens with zero attached hydrogens (tertiary/aromatic N) is 3. The van der Waals surface area contributed by atoms with E-state index in [2.05, 4.69) is 25.9 Å². The number of carbonyl (C=O) groups is 1. The van der Waals surface area contributed by atoms with Crippen LogP contribution in [0.2, 0.25) is 0 Å². The van der Waals surface area contributed by atoms with Crippen LogP contribution >= 0.6 is 15.9 Å². The first-order chi connectivity index (χ1) is 8.99. The fourth-order valence-electron chi connectivity index (χ4n) is 2.88. The number of likely N-dealkylation sites (tertiary alicyclic amines) is 1. The van der Waals surface area contributed by atoms with Gasteiger partial charge in [0.2, 0.25) is 0 Å². The summed E-state index contributed by atoms with van der Waals surface area (Å²) in [5, 5.41) is 4.44. The normalized spacial score (nSPS) is 20.7. The molecule has 0 saturated carbocycles. The molecule has 106 valence electrons. The van der Waals surface area contributed by atoms with Gasteiger partial charge >= 0.3 is 0 Å². The van der Waals surface area contributed by atoms with Gasteiger partial charge < -0.3 is 0 Å². The van der Waals surface area contributed by atoms with Crippen LogP contribution in [-0.2, 0) is 18.4 Å². The lowest BCUT2D eigenvalue weighted by Gasteiger charge is -2.35. The summed E-state index contributed by atoms with van der Waals surface area (Å²) < 4.78 is 3.04. The topological polar surface area (TPSA) is 38.1 Å². The molecule has 1 saturated heterocycles. The van der Waals surface area contributed by atoms with Gasteiger partial charge in [-0.25, -0.2) is 0 Å². The molecule has 0 spiro atoms. The first kappa shape index (κ1) is 14.7. The third-order valence-electron chi connectivity index (χ3n) is 3.89. The third-order valence-corrected chi connectivity index (χ3v) is 4.92. The van der Waals surface area contributed by atoms with E-state index in [-0.39, 0.29) is 5.78 Å². The Morgan fingerprint density at radius 1 is 1.47 bits per heavy atom. The minimum absolute atomic E-state index is 0.289. The quantitative estimate of drug-likeness (QED) is 0.853. The summed E-state index contributed by atoms with van der Waals surface area (Å²) in [5.74, 6) is 0.289. The Hall–Kier alpha value is -0.680. The van der Waals surface area contributed by atoms with Crippen molar-refractivity contribution >= 4 is 21.7 Å². The Morgan fingerprint density at radius 3 is 2.79 bits per heavy atom. The highest BCUT2D eigenvalue weighted by molar-refractivity contribution is 9.10. The summed E-state index contributed by atoms with van der Waals surface area (Å²) in [6.45, 7) is 5.65. The third kappa shape index (κ3) is 3.45. The lowest BCUT2D eigenvalue weighted by Crippen LogP contribution is -2.40. The van der Waals surface area contributed by atoms with Crippen LogP contribution in [0.3, 0.4) is 0 Å². The van der Waals surface area contributed by atoms with E-state index in [1.165, 1.54) is 18.5 Å². The monoisotopic (exact) mass is 327 g/mol. The number of halogens is 1. The molecule has 0 radical (unpaired) electrons. The lowest BCUT2D eigenvalue weighted by atomic mass is 9.97. The summed E-state index contributed by atoms with van der Waals surface area (Å²) in [5.41, 5.74) is 2.23. The van der Waals surface area contributed by atoms with Crippen LogP contribution in [0, 0.1) is 6.92 Å². The van der Waals surface area contributed by atoms with Crippen LogP contribution in [0.5, 0.6) is 0 Å². The van der Waals surface area contributed by atoms with E-state index in [4.69, 9.17) is 0 Å². The number of rotatable bonds is 4. The van der Waals surface area contributed by atoms with Crippen molar-refractivity contribution < 1.29 is 4.79 Å². The Bertz CT molecular complexity index is 470. The van der Waals surface area contributed by atoms with Gasteiger partial charge in [-0.3, -0.25) is 14.4 Å². The Morgan fingerprint density at radius 2 is 2.21 bits per heavy atom. The van der Waals surface area contributed by atoms with Crippen LogP contribution in [0.25, 0.3) is 0 Å². The molecule has 0 bridgehead atoms. The van der Waals surface area contributed by atoms with E-state index >= 15 is 0 Å². The van der Waals surface area contributed by atoms with Crippen molar-refractivity contribution in [3.63, 3.8) is 0 Å². The zero-order valence-corrected chi connectivity index (χ0v) is 13.5. The number of hydrogen-bond acceptors (Lipinski definition) is 3. The molecule has 1 aromatic rings. The Kier molecular flexibility index (Phi) is 4.79. The van der Waals surface area contributed by atoms with E-state index in [0.29, 0.717) is 12.5 Å². The first-order valence-corrected chi connectivity index (χ1v) is 7.69. The molecule has 0 aromatic carbocycles. The standard InChI is InChI=1S/C14H22BrN3O/c1-10(19)8-12-6-4-5-7-18(12)9-13-14(15)11(2)16-17(13)3/h12H,4-9H2,1-3H3. The molecular formula is C14H22BrN3O. The second kappa shape index (κ2) is 6.18. The largest absolute Gasteiger partial charge is 0.300 e. The molecule has 1 aliphatic heterocycles. The lowest BCUT2D eigenvalue weighted by molar-refractivity contribution is -0.118. The maximum Gasteiger partial charge on any atom is 0.131 e. The van der Waals surface area contributed by atoms with E-state index < -0.39 is 0 Å². The Labute approximate surface area is 123 Å². The van der Waals surface area contributed by atoms with E-state index in [1.54, 1.807) is 6.92 Å². The van der Waals surface area contributed by atoms with Gasteiger partial charge in [0.1, 0.15) is 5.78 Å². The van der Waals surface area contributed by atoms with Gasteiger partial charge in [0.05, 0.1) is 15.9 Å². The molecule has 1 atom stereocenters. The predicted molar refractivity (Wildman–Crippen MR) is 79.0 cm³/mol. The minimum atomic E-state index is 0.289. The molecule has 0 N–H and O–H groups in total. The Balaban J connectivity index is 2.12. The number of hydrogen-bond donors (Lipinski definition) is 0. The minimum Gasteiger partial charge on any atom is -0.300 e. The van der Waals surface area contributed by atoms with Crippen LogP contribution in [-0.4, -0.2) is 33.1 Å². The SMILES string of the molecule is CC(=O)CC1CCCCN1Cc1c(Br)c(C)nn1C. The van der Waals surface area contributed by atoms with Crippen molar-refractivity contribution in [1.29, 1.82) is 0 Å². The first-order valence-electron chi connectivity index (χ1n) is 6.90. The summed E-state index contributed by atoms with van der Waals surface area (Å²) in [4.78, 5) is 13.8. The van der Waals surface area contributed by atoms with Gasteiger partial charge in [0.25, 0.3) is 0 Å². The highest BCUT2D eigenvalue weighted by Gasteiger charge is 2.25. The van der Waals surface area contributed by atoms with Gasteiger partial charge in [-0.1, -0.05) is 6.42 Å². The van der Waals surface area contributed by atoms with Crippen molar-refractivity contribution in [3.05, 3.63) is 15.9 Å². The predicted octanol–water partition coefficient (Wildman–Crippen LogP) is 2.82. The summed E-state index contributed by atoms with van der Waals surface area (Å²) >= 11 is 3.62. The molecule has 19 heavy (non-hydrogen) atoms. The fourth-order valence-corrected chi connectivity index (χ4v) is 3.34. The van der Waals surface area contributed by atoms with Crippen molar-refractivity contribution in [3.8, 4) is 0 Å². The van der Waals surface area contributed by atoms with Crippen LogP contribution < -0.4 is 0 Å². The van der Waals surface area contributed by atoms with Crippen molar-refractivity contribution in [2.45, 2.75) is 52.1 Å². The van der Waals surface area contributed by atoms with E-state index in [9.17, 15) is 4.79 Å². The van der Waals surface area contributed by atoms with Crippen LogP contribution in [0.1, 0.15) is 44.0 Å². The summed E-state index contributed by atoms with van der Waals surface area (Å²) in [6.07, 6.45) is 4.27. The molecule has 1 aliphatic rings. The average Bonchev–Trinajstić information content (AvgIpc) is 2.57. The molecule has 1 aromatic heterocycles. The zero-order chi connectivity index (χ0) is 14.0. The van der Waals surface area contributed by atoms with Gasteiger partial charge in [-0.2, -0.15) is 5.10 Å². The average molecular weight is 328 g/mol. The van der Waals surface area contributed by atoms with Crippen molar-refractivity contribution in [1.82, 2.24) is 14.7 Å². The molecule has 2 heterocycles. The second-order valence-corrected chi connectivity index (χ2v) is 6.29. The van der Waals surface area contributed by atoms with Gasteiger partial charge in [-0.05, 0) is 49.2 Å². The molecule has 1 fully saturated rings. The van der Waals surface area contributed by atoms with Crippen molar-refractivity contribution in [2.24, 2.45) is 7.05 Å². The molecule has 2 rings (SSSR count). The molecule has 4 nitrogen and oxygen atoms in total. The number of piperidine rings is 1. The number of Topliss-reactive ketones (excluding diaryl/α,β-unsaturated/α-hetero) is 1. The molecule has 5 heteroatoms. The number of ketones is 1. The van der Waals surface area contributed by atoms with E-state index in [0.717, 1.165) is 29.7 Å². The summed E-state index contributed by atoms with van der Waals surface area (Å²) in [6, 6.07) is 0.397. The second-order valence-electron chi connectivity index (χ2n) is 5.50. The van der Waals surface area contributed by atoms with Crippen molar-refractivity contribution in [2.75, 3.05) is 6.54 Å². The molecule has 0 aliphatic carbocycles. The highest BCUT2D eigenvalue weighted by Crippen LogP contribution is 2.26. The van der Waals surface area contributed by atoms with Gasteiger partial charge in [0, 0.05) is 26.1 Å². The van der Waals surface area contributed by atoms with Crippen LogP contribution in [0.15, 0.2) is 4.47 Å². The summed E-state index contributed by atoms with van der Waals surface area (Å²) in [7, 11) is 1.98.